The average Bonchev–Trinajstić information content (AvgIpc) is 3.19. The molecule has 2 amide bonds. The van der Waals surface area contributed by atoms with Gasteiger partial charge >= 0.3 is 6.03 Å². The summed E-state index contributed by atoms with van der Waals surface area (Å²) in [6.45, 7) is -0.0394. The van der Waals surface area contributed by atoms with Crippen molar-refractivity contribution >= 4 is 23.3 Å². The maximum absolute atomic E-state index is 12.5. The zero-order valence-corrected chi connectivity index (χ0v) is 16.6. The van der Waals surface area contributed by atoms with Crippen LogP contribution >= 0.6 is 11.6 Å². The van der Waals surface area contributed by atoms with Crippen LogP contribution in [-0.4, -0.2) is 30.0 Å². The Morgan fingerprint density at radius 2 is 1.93 bits per heavy atom. The maximum atomic E-state index is 12.5. The third-order valence-corrected chi connectivity index (χ3v) is 4.55. The number of rotatable bonds is 8. The highest BCUT2D eigenvalue weighted by Crippen LogP contribution is 2.21. The molecule has 0 radical (unpaired) electrons. The van der Waals surface area contributed by atoms with E-state index in [-0.39, 0.29) is 12.6 Å². The Balaban J connectivity index is 1.75. The smallest absolute Gasteiger partial charge is 0.319 e. The summed E-state index contributed by atoms with van der Waals surface area (Å²) >= 11 is 5.88. The molecule has 0 aliphatic heterocycles. The van der Waals surface area contributed by atoms with E-state index in [0.29, 0.717) is 35.0 Å². The fourth-order valence-corrected chi connectivity index (χ4v) is 2.93. The average molecular weight is 416 g/mol. The van der Waals surface area contributed by atoms with Crippen molar-refractivity contribution in [3.8, 4) is 5.75 Å². The number of carbonyl (C=O) groups excluding carboxylic acids is 1. The van der Waals surface area contributed by atoms with Crippen LogP contribution in [0.4, 0.5) is 10.5 Å². The number of benzene rings is 2. The molecule has 0 aliphatic carbocycles. The van der Waals surface area contributed by atoms with Gasteiger partial charge in [0.1, 0.15) is 17.2 Å². The van der Waals surface area contributed by atoms with Crippen LogP contribution in [0.25, 0.3) is 0 Å². The van der Waals surface area contributed by atoms with Crippen molar-refractivity contribution in [3.05, 3.63) is 76.6 Å². The quantitative estimate of drug-likeness (QED) is 0.517. The molecule has 0 bridgehead atoms. The first kappa shape index (κ1) is 20.7. The standard InChI is InChI=1S/C21H22ClN3O4/c1-28-17-8-2-14(3-9-17)12-19(20-13-18(10-11-26)29-25-20)24-21(27)23-16-6-4-15(22)5-7-16/h2-9,13,19,26H,10-12H2,1H3,(H2,23,24,27). The Kier molecular flexibility index (Phi) is 7.10. The van der Waals surface area contributed by atoms with E-state index < -0.39 is 6.04 Å². The predicted octanol–water partition coefficient (Wildman–Crippen LogP) is 3.98. The Hall–Kier alpha value is -3.03. The van der Waals surface area contributed by atoms with E-state index in [1.807, 2.05) is 24.3 Å². The lowest BCUT2D eigenvalue weighted by molar-refractivity contribution is 0.247. The van der Waals surface area contributed by atoms with Gasteiger partial charge in [-0.2, -0.15) is 0 Å². The largest absolute Gasteiger partial charge is 0.497 e. The molecular weight excluding hydrogens is 394 g/mol. The van der Waals surface area contributed by atoms with Crippen molar-refractivity contribution in [1.82, 2.24) is 10.5 Å². The van der Waals surface area contributed by atoms with Crippen molar-refractivity contribution in [3.63, 3.8) is 0 Å². The lowest BCUT2D eigenvalue weighted by Gasteiger charge is -2.17. The van der Waals surface area contributed by atoms with Crippen LogP contribution < -0.4 is 15.4 Å². The Morgan fingerprint density at radius 1 is 1.21 bits per heavy atom. The first-order valence-corrected chi connectivity index (χ1v) is 9.47. The monoisotopic (exact) mass is 415 g/mol. The molecule has 1 atom stereocenters. The molecule has 3 N–H and O–H groups in total. The minimum atomic E-state index is -0.424. The second-order valence-corrected chi connectivity index (χ2v) is 6.84. The van der Waals surface area contributed by atoms with Gasteiger partial charge in [0.2, 0.25) is 0 Å². The molecule has 7 nitrogen and oxygen atoms in total. The highest BCUT2D eigenvalue weighted by Gasteiger charge is 2.20. The first-order chi connectivity index (χ1) is 14.1. The van der Waals surface area contributed by atoms with Gasteiger partial charge in [-0.1, -0.05) is 28.9 Å². The third kappa shape index (κ3) is 5.97. The number of urea groups is 1. The van der Waals surface area contributed by atoms with Crippen molar-refractivity contribution in [2.45, 2.75) is 18.9 Å². The van der Waals surface area contributed by atoms with E-state index in [0.717, 1.165) is 11.3 Å². The summed E-state index contributed by atoms with van der Waals surface area (Å²) in [5, 5.41) is 19.5. The van der Waals surface area contributed by atoms with Gasteiger partial charge in [0.15, 0.2) is 0 Å². The van der Waals surface area contributed by atoms with Gasteiger partial charge in [0.05, 0.1) is 19.8 Å². The summed E-state index contributed by atoms with van der Waals surface area (Å²) in [6.07, 6.45) is 0.863. The van der Waals surface area contributed by atoms with Crippen molar-refractivity contribution in [2.75, 3.05) is 19.0 Å². The Bertz CT molecular complexity index is 926. The lowest BCUT2D eigenvalue weighted by atomic mass is 10.0. The summed E-state index contributed by atoms with van der Waals surface area (Å²) in [7, 11) is 1.61. The SMILES string of the molecule is COc1ccc(CC(NC(=O)Nc2ccc(Cl)cc2)c2cc(CCO)on2)cc1. The summed E-state index contributed by atoms with van der Waals surface area (Å²) in [6, 6.07) is 15.4. The molecule has 0 saturated carbocycles. The summed E-state index contributed by atoms with van der Waals surface area (Å²) < 4.78 is 10.4. The van der Waals surface area contributed by atoms with E-state index in [9.17, 15) is 4.79 Å². The van der Waals surface area contributed by atoms with Gasteiger partial charge in [-0.3, -0.25) is 0 Å². The van der Waals surface area contributed by atoms with Gasteiger partial charge in [-0.15, -0.1) is 0 Å². The second-order valence-electron chi connectivity index (χ2n) is 6.40. The maximum Gasteiger partial charge on any atom is 0.319 e. The van der Waals surface area contributed by atoms with Crippen LogP contribution in [0.1, 0.15) is 23.1 Å². The third-order valence-electron chi connectivity index (χ3n) is 4.30. The summed E-state index contributed by atoms with van der Waals surface area (Å²) in [4.78, 5) is 12.5. The fraction of sp³-hybridized carbons (Fsp3) is 0.238. The molecule has 0 spiro atoms. The topological polar surface area (TPSA) is 96.6 Å². The van der Waals surface area contributed by atoms with E-state index >= 15 is 0 Å². The second kappa shape index (κ2) is 9.95. The van der Waals surface area contributed by atoms with Crippen molar-refractivity contribution in [2.24, 2.45) is 0 Å². The van der Waals surface area contributed by atoms with Gasteiger partial charge in [0, 0.05) is 23.2 Å². The van der Waals surface area contributed by atoms with E-state index in [4.69, 9.17) is 26.0 Å². The molecule has 1 heterocycles. The molecule has 0 aliphatic rings. The van der Waals surface area contributed by atoms with Crippen LogP contribution in [0.15, 0.2) is 59.1 Å². The molecule has 0 fully saturated rings. The van der Waals surface area contributed by atoms with Crippen LogP contribution in [0, 0.1) is 0 Å². The highest BCUT2D eigenvalue weighted by molar-refractivity contribution is 6.30. The van der Waals surface area contributed by atoms with Gasteiger partial charge in [0.25, 0.3) is 0 Å². The van der Waals surface area contributed by atoms with Crippen LogP contribution in [0.2, 0.25) is 5.02 Å². The molecule has 3 aromatic rings. The Morgan fingerprint density at radius 3 is 2.59 bits per heavy atom. The normalized spacial score (nSPS) is 11.7. The number of ether oxygens (including phenoxy) is 1. The fourth-order valence-electron chi connectivity index (χ4n) is 2.81. The van der Waals surface area contributed by atoms with Crippen LogP contribution in [0.5, 0.6) is 5.75 Å². The van der Waals surface area contributed by atoms with Gasteiger partial charge in [-0.25, -0.2) is 4.79 Å². The molecule has 29 heavy (non-hydrogen) atoms. The van der Waals surface area contributed by atoms with E-state index in [1.165, 1.54) is 0 Å². The first-order valence-electron chi connectivity index (χ1n) is 9.09. The van der Waals surface area contributed by atoms with Gasteiger partial charge in [-0.05, 0) is 48.4 Å². The minimum Gasteiger partial charge on any atom is -0.497 e. The zero-order chi connectivity index (χ0) is 20.6. The van der Waals surface area contributed by atoms with Crippen LogP contribution in [-0.2, 0) is 12.8 Å². The number of methoxy groups -OCH3 is 1. The number of halogens is 1. The number of nitrogens with one attached hydrogen (secondary N) is 2. The molecule has 0 saturated heterocycles. The number of hydrogen-bond acceptors (Lipinski definition) is 5. The predicted molar refractivity (Wildman–Crippen MR) is 110 cm³/mol. The molecule has 2 aromatic carbocycles. The van der Waals surface area contributed by atoms with Gasteiger partial charge < -0.3 is 25.0 Å². The number of nitrogens with zero attached hydrogens (tertiary/aromatic N) is 1. The number of anilines is 1. The Labute approximate surface area is 173 Å². The number of amides is 2. The van der Waals surface area contributed by atoms with Crippen LogP contribution in [0.3, 0.4) is 0 Å². The highest BCUT2D eigenvalue weighted by atomic mass is 35.5. The van der Waals surface area contributed by atoms with E-state index in [2.05, 4.69) is 15.8 Å². The summed E-state index contributed by atoms with van der Waals surface area (Å²) in [5.74, 6) is 1.31. The minimum absolute atomic E-state index is 0.0394. The van der Waals surface area contributed by atoms with Crippen molar-refractivity contribution in [1.29, 1.82) is 0 Å². The number of hydrogen-bond donors (Lipinski definition) is 3. The van der Waals surface area contributed by atoms with Crippen molar-refractivity contribution < 1.29 is 19.2 Å². The lowest BCUT2D eigenvalue weighted by Crippen LogP contribution is -2.34. The molecule has 8 heteroatoms. The molecular formula is C21H22ClN3O4. The number of aromatic nitrogens is 1. The number of aliphatic hydroxyl groups is 1. The summed E-state index contributed by atoms with van der Waals surface area (Å²) in [5.41, 5.74) is 2.20. The number of carbonyl (C=O) groups is 1. The zero-order valence-electron chi connectivity index (χ0n) is 15.9. The molecule has 152 valence electrons. The number of aliphatic hydroxyl groups excluding tert-OH is 1. The molecule has 1 unspecified atom stereocenters. The molecule has 1 aromatic heterocycles. The van der Waals surface area contributed by atoms with E-state index in [1.54, 1.807) is 37.4 Å². The molecule has 3 rings (SSSR count).